The maximum atomic E-state index is 5.72. The summed E-state index contributed by atoms with van der Waals surface area (Å²) in [7, 11) is 2.00. The number of benzene rings is 1. The molecule has 1 N–H and O–H groups in total. The molecule has 0 fully saturated rings. The molecule has 0 amide bonds. The van der Waals surface area contributed by atoms with Crippen LogP contribution in [0.5, 0.6) is 5.75 Å². The molecule has 16 heavy (non-hydrogen) atoms. The maximum absolute atomic E-state index is 5.72. The fraction of sp³-hybridized carbons (Fsp3) is 0.571. The van der Waals surface area contributed by atoms with Gasteiger partial charge in [0.05, 0.1) is 6.61 Å². The summed E-state index contributed by atoms with van der Waals surface area (Å²) in [6, 6.07) is 8.78. The average Bonchev–Trinajstić information content (AvgIpc) is 2.29. The largest absolute Gasteiger partial charge is 0.493 e. The summed E-state index contributed by atoms with van der Waals surface area (Å²) in [5.74, 6) is 1.54. The van der Waals surface area contributed by atoms with E-state index in [1.54, 1.807) is 0 Å². The molecule has 0 aromatic heterocycles. The molecule has 90 valence electrons. The molecule has 0 spiro atoms. The highest BCUT2D eigenvalue weighted by molar-refractivity contribution is 5.30. The van der Waals surface area contributed by atoms with Gasteiger partial charge in [-0.2, -0.15) is 0 Å². The van der Waals surface area contributed by atoms with Crippen LogP contribution in [0.1, 0.15) is 38.8 Å². The van der Waals surface area contributed by atoms with E-state index in [-0.39, 0.29) is 0 Å². The number of ether oxygens (including phenoxy) is 1. The van der Waals surface area contributed by atoms with Crippen LogP contribution in [0, 0.1) is 5.92 Å². The van der Waals surface area contributed by atoms with E-state index in [4.69, 9.17) is 4.74 Å². The maximum Gasteiger partial charge on any atom is 0.119 e. The molecule has 2 heteroatoms. The van der Waals surface area contributed by atoms with Gasteiger partial charge < -0.3 is 10.1 Å². The number of hydrogen-bond donors (Lipinski definition) is 1. The van der Waals surface area contributed by atoms with Crippen molar-refractivity contribution in [1.29, 1.82) is 0 Å². The van der Waals surface area contributed by atoms with E-state index >= 15 is 0 Å². The Morgan fingerprint density at radius 2 is 2.06 bits per heavy atom. The smallest absolute Gasteiger partial charge is 0.119 e. The van der Waals surface area contributed by atoms with Crippen molar-refractivity contribution in [2.24, 2.45) is 5.92 Å². The normalized spacial score (nSPS) is 12.8. The van der Waals surface area contributed by atoms with Gasteiger partial charge in [0.1, 0.15) is 5.75 Å². The molecule has 0 aliphatic carbocycles. The molecule has 0 aliphatic heterocycles. The van der Waals surface area contributed by atoms with Crippen molar-refractivity contribution in [2.75, 3.05) is 13.7 Å². The van der Waals surface area contributed by atoms with E-state index in [1.165, 1.54) is 5.56 Å². The van der Waals surface area contributed by atoms with Crippen LogP contribution in [0.15, 0.2) is 24.3 Å². The van der Waals surface area contributed by atoms with E-state index in [9.17, 15) is 0 Å². The van der Waals surface area contributed by atoms with Crippen LogP contribution in [0.2, 0.25) is 0 Å². The molecule has 0 bridgehead atoms. The second kappa shape index (κ2) is 6.54. The average molecular weight is 221 g/mol. The second-order valence-electron chi connectivity index (χ2n) is 4.53. The summed E-state index contributed by atoms with van der Waals surface area (Å²) in [6.07, 6.45) is 1.09. The van der Waals surface area contributed by atoms with Gasteiger partial charge in [-0.15, -0.1) is 0 Å². The van der Waals surface area contributed by atoms with Crippen LogP contribution in [-0.4, -0.2) is 13.7 Å². The van der Waals surface area contributed by atoms with Gasteiger partial charge in [0.25, 0.3) is 0 Å². The molecule has 0 aliphatic rings. The summed E-state index contributed by atoms with van der Waals surface area (Å²) < 4.78 is 5.72. The predicted octanol–water partition coefficient (Wildman–Crippen LogP) is 3.39. The zero-order chi connectivity index (χ0) is 12.0. The molecule has 0 saturated carbocycles. The van der Waals surface area contributed by atoms with Crippen molar-refractivity contribution < 1.29 is 4.74 Å². The van der Waals surface area contributed by atoms with E-state index in [1.807, 2.05) is 13.1 Å². The monoisotopic (exact) mass is 221 g/mol. The zero-order valence-corrected chi connectivity index (χ0v) is 10.8. The Morgan fingerprint density at radius 3 is 2.62 bits per heavy atom. The van der Waals surface area contributed by atoms with Crippen LogP contribution in [0.4, 0.5) is 0 Å². The van der Waals surface area contributed by atoms with Crippen LogP contribution < -0.4 is 10.1 Å². The first-order valence-electron chi connectivity index (χ1n) is 6.07. The Hall–Kier alpha value is -1.02. The Kier molecular flexibility index (Phi) is 5.33. The molecule has 1 rings (SSSR count). The van der Waals surface area contributed by atoms with Gasteiger partial charge in [0.15, 0.2) is 0 Å². The Labute approximate surface area is 99.0 Å². The third kappa shape index (κ3) is 3.86. The lowest BCUT2D eigenvalue weighted by Gasteiger charge is -2.16. The highest BCUT2D eigenvalue weighted by Gasteiger charge is 2.07. The Balaban J connectivity index is 2.70. The van der Waals surface area contributed by atoms with Gasteiger partial charge in [-0.1, -0.05) is 32.9 Å². The highest BCUT2D eigenvalue weighted by Crippen LogP contribution is 2.21. The van der Waals surface area contributed by atoms with Crippen molar-refractivity contribution in [1.82, 2.24) is 5.32 Å². The molecule has 0 saturated heterocycles. The van der Waals surface area contributed by atoms with Crippen LogP contribution in [0.3, 0.4) is 0 Å². The molecular formula is C14H23NO. The first kappa shape index (κ1) is 13.0. The van der Waals surface area contributed by atoms with Gasteiger partial charge in [0.2, 0.25) is 0 Å². The molecule has 0 heterocycles. The van der Waals surface area contributed by atoms with Crippen molar-refractivity contribution in [3.05, 3.63) is 29.8 Å². The quantitative estimate of drug-likeness (QED) is 0.795. The first-order chi connectivity index (χ1) is 7.67. The number of rotatable bonds is 6. The Bertz CT molecular complexity index is 305. The molecular weight excluding hydrogens is 198 g/mol. The lowest BCUT2D eigenvalue weighted by molar-refractivity contribution is 0.270. The van der Waals surface area contributed by atoms with E-state index in [2.05, 4.69) is 44.3 Å². The molecule has 1 aromatic carbocycles. The van der Waals surface area contributed by atoms with Gasteiger partial charge in [-0.3, -0.25) is 0 Å². The Morgan fingerprint density at radius 1 is 1.31 bits per heavy atom. The summed E-state index contributed by atoms with van der Waals surface area (Å²) in [5.41, 5.74) is 1.30. The molecule has 2 nitrogen and oxygen atoms in total. The summed E-state index contributed by atoms with van der Waals surface area (Å²) in [5, 5.41) is 3.30. The fourth-order valence-corrected chi connectivity index (χ4v) is 1.69. The first-order valence-corrected chi connectivity index (χ1v) is 6.07. The van der Waals surface area contributed by atoms with Gasteiger partial charge in [0, 0.05) is 6.04 Å². The summed E-state index contributed by atoms with van der Waals surface area (Å²) in [4.78, 5) is 0. The van der Waals surface area contributed by atoms with Crippen molar-refractivity contribution in [3.8, 4) is 5.75 Å². The summed E-state index contributed by atoms with van der Waals surface area (Å²) in [6.45, 7) is 7.28. The molecule has 1 unspecified atom stereocenters. The van der Waals surface area contributed by atoms with Crippen molar-refractivity contribution in [2.45, 2.75) is 33.2 Å². The number of nitrogens with one attached hydrogen (secondary N) is 1. The van der Waals surface area contributed by atoms with Crippen LogP contribution in [0.25, 0.3) is 0 Å². The van der Waals surface area contributed by atoms with Gasteiger partial charge >= 0.3 is 0 Å². The van der Waals surface area contributed by atoms with Crippen molar-refractivity contribution >= 4 is 0 Å². The van der Waals surface area contributed by atoms with Gasteiger partial charge in [-0.05, 0) is 37.1 Å². The van der Waals surface area contributed by atoms with E-state index < -0.39 is 0 Å². The van der Waals surface area contributed by atoms with Crippen LogP contribution >= 0.6 is 0 Å². The molecule has 0 radical (unpaired) electrons. The molecule has 1 atom stereocenters. The van der Waals surface area contributed by atoms with Crippen LogP contribution in [-0.2, 0) is 0 Å². The SMILES string of the molecule is CCC(NC)c1cccc(OCC(C)C)c1. The zero-order valence-electron chi connectivity index (χ0n) is 10.8. The molecule has 1 aromatic rings. The third-order valence-corrected chi connectivity index (χ3v) is 2.60. The summed E-state index contributed by atoms with van der Waals surface area (Å²) >= 11 is 0. The minimum absolute atomic E-state index is 0.419. The minimum atomic E-state index is 0.419. The third-order valence-electron chi connectivity index (χ3n) is 2.60. The van der Waals surface area contributed by atoms with E-state index in [0.717, 1.165) is 18.8 Å². The fourth-order valence-electron chi connectivity index (χ4n) is 1.69. The minimum Gasteiger partial charge on any atom is -0.493 e. The standard InChI is InChI=1S/C14H23NO/c1-5-14(15-4)12-7-6-8-13(9-12)16-10-11(2)3/h6-9,11,14-15H,5,10H2,1-4H3. The van der Waals surface area contributed by atoms with Crippen molar-refractivity contribution in [3.63, 3.8) is 0 Å². The second-order valence-corrected chi connectivity index (χ2v) is 4.53. The van der Waals surface area contributed by atoms with E-state index in [0.29, 0.717) is 12.0 Å². The lowest BCUT2D eigenvalue weighted by Crippen LogP contribution is -2.15. The predicted molar refractivity (Wildman–Crippen MR) is 68.9 cm³/mol. The number of hydrogen-bond acceptors (Lipinski definition) is 2. The van der Waals surface area contributed by atoms with Gasteiger partial charge in [-0.25, -0.2) is 0 Å². The lowest BCUT2D eigenvalue weighted by atomic mass is 10.0. The highest BCUT2D eigenvalue weighted by atomic mass is 16.5. The topological polar surface area (TPSA) is 21.3 Å².